The Hall–Kier alpha value is -1.50. The van der Waals surface area contributed by atoms with Gasteiger partial charge in [-0.25, -0.2) is 0 Å². The molecule has 0 atom stereocenters. The first-order valence-corrected chi connectivity index (χ1v) is 9.29. The number of nitrogen functional groups attached to an aromatic ring is 1. The lowest BCUT2D eigenvalue weighted by molar-refractivity contribution is -0.123. The molecule has 0 aromatic heterocycles. The first-order chi connectivity index (χ1) is 12.1. The molecular weight excluding hydrogens is 387 g/mol. The smallest absolute Gasteiger partial charge is 0.256 e. The van der Waals surface area contributed by atoms with Gasteiger partial charge in [-0.05, 0) is 25.0 Å². The number of nitrogens with zero attached hydrogens (tertiary/aromatic N) is 2. The van der Waals surface area contributed by atoms with Crippen LogP contribution < -0.4 is 11.1 Å². The van der Waals surface area contributed by atoms with Crippen LogP contribution in [0, 0.1) is 0 Å². The number of hydrogen-bond acceptors (Lipinski definition) is 4. The lowest BCUT2D eigenvalue weighted by atomic mass is 9.95. The summed E-state index contributed by atoms with van der Waals surface area (Å²) < 4.78 is 0. The van der Waals surface area contributed by atoms with E-state index >= 15 is 0 Å². The van der Waals surface area contributed by atoms with Crippen molar-refractivity contribution in [3.63, 3.8) is 0 Å². The molecule has 1 saturated carbocycles. The molecule has 0 bridgehead atoms. The zero-order valence-corrected chi connectivity index (χ0v) is 17.2. The van der Waals surface area contributed by atoms with Gasteiger partial charge >= 0.3 is 0 Å². The fourth-order valence-electron chi connectivity index (χ4n) is 3.69. The number of benzene rings is 1. The standard InChI is InChI=1S/C19H28N4O2.2ClH/c20-17-9-5-4-8-16(17)19(25)23-12-10-22(11-13-23)14-18(24)21-15-6-2-1-3-7-15;;/h4-5,8-9,15H,1-3,6-7,10-14,20H2,(H,21,24);2*1H. The number of nitrogens with one attached hydrogen (secondary N) is 1. The van der Waals surface area contributed by atoms with E-state index in [0.717, 1.165) is 25.9 Å². The highest BCUT2D eigenvalue weighted by Gasteiger charge is 2.25. The summed E-state index contributed by atoms with van der Waals surface area (Å²) in [5.41, 5.74) is 6.98. The number of nitrogens with two attached hydrogens (primary N) is 1. The molecule has 0 radical (unpaired) electrons. The zero-order valence-electron chi connectivity index (χ0n) is 15.6. The Kier molecular flexibility index (Phi) is 9.91. The molecule has 3 N–H and O–H groups in total. The topological polar surface area (TPSA) is 78.7 Å². The van der Waals surface area contributed by atoms with Crippen molar-refractivity contribution in [1.82, 2.24) is 15.1 Å². The lowest BCUT2D eigenvalue weighted by Gasteiger charge is -2.35. The Balaban J connectivity index is 0.00000182. The van der Waals surface area contributed by atoms with Gasteiger partial charge in [0.2, 0.25) is 5.91 Å². The van der Waals surface area contributed by atoms with Gasteiger partial charge in [0.25, 0.3) is 5.91 Å². The maximum atomic E-state index is 12.6. The number of rotatable bonds is 4. The highest BCUT2D eigenvalue weighted by molar-refractivity contribution is 5.99. The fourth-order valence-corrected chi connectivity index (χ4v) is 3.69. The third-order valence-corrected chi connectivity index (χ3v) is 5.19. The largest absolute Gasteiger partial charge is 0.398 e. The minimum absolute atomic E-state index is 0. The van der Waals surface area contributed by atoms with E-state index < -0.39 is 0 Å². The van der Waals surface area contributed by atoms with Crippen molar-refractivity contribution < 1.29 is 9.59 Å². The van der Waals surface area contributed by atoms with Crippen LogP contribution in [-0.2, 0) is 4.79 Å². The van der Waals surface area contributed by atoms with Crippen molar-refractivity contribution in [2.24, 2.45) is 0 Å². The van der Waals surface area contributed by atoms with E-state index in [1.807, 2.05) is 17.0 Å². The van der Waals surface area contributed by atoms with Crippen molar-refractivity contribution in [3.8, 4) is 0 Å². The van der Waals surface area contributed by atoms with Crippen LogP contribution in [0.5, 0.6) is 0 Å². The summed E-state index contributed by atoms with van der Waals surface area (Å²) >= 11 is 0. The number of para-hydroxylation sites is 1. The second-order valence-electron chi connectivity index (χ2n) is 7.06. The van der Waals surface area contributed by atoms with Crippen LogP contribution in [0.3, 0.4) is 0 Å². The molecule has 6 nitrogen and oxygen atoms in total. The number of carbonyl (C=O) groups excluding carboxylic acids is 2. The van der Waals surface area contributed by atoms with Crippen LogP contribution in [0.25, 0.3) is 0 Å². The van der Waals surface area contributed by atoms with Gasteiger partial charge < -0.3 is 16.0 Å². The van der Waals surface area contributed by atoms with E-state index in [0.29, 0.717) is 36.9 Å². The third kappa shape index (κ3) is 6.55. The van der Waals surface area contributed by atoms with Crippen molar-refractivity contribution in [2.75, 3.05) is 38.5 Å². The minimum Gasteiger partial charge on any atom is -0.398 e. The first kappa shape index (κ1) is 23.5. The van der Waals surface area contributed by atoms with Gasteiger partial charge in [0.1, 0.15) is 0 Å². The summed E-state index contributed by atoms with van der Waals surface area (Å²) in [7, 11) is 0. The van der Waals surface area contributed by atoms with Crippen LogP contribution in [-0.4, -0.2) is 60.4 Å². The molecule has 1 aromatic rings. The van der Waals surface area contributed by atoms with Crippen molar-refractivity contribution in [2.45, 2.75) is 38.1 Å². The number of anilines is 1. The molecule has 1 aromatic carbocycles. The summed E-state index contributed by atoms with van der Waals surface area (Å²) in [5, 5.41) is 3.16. The number of amides is 2. The highest BCUT2D eigenvalue weighted by atomic mass is 35.5. The van der Waals surface area contributed by atoms with Crippen LogP contribution in [0.2, 0.25) is 0 Å². The molecule has 1 saturated heterocycles. The van der Waals surface area contributed by atoms with Gasteiger partial charge in [-0.3, -0.25) is 14.5 Å². The van der Waals surface area contributed by atoms with Gasteiger partial charge in [0.05, 0.1) is 12.1 Å². The van der Waals surface area contributed by atoms with E-state index in [1.165, 1.54) is 19.3 Å². The molecule has 2 aliphatic rings. The van der Waals surface area contributed by atoms with E-state index in [4.69, 9.17) is 5.73 Å². The van der Waals surface area contributed by atoms with Crippen LogP contribution in [0.4, 0.5) is 5.69 Å². The average Bonchev–Trinajstić information content (AvgIpc) is 2.63. The van der Waals surface area contributed by atoms with E-state index in [9.17, 15) is 9.59 Å². The fraction of sp³-hybridized carbons (Fsp3) is 0.579. The predicted octanol–water partition coefficient (Wildman–Crippen LogP) is 2.32. The Bertz CT molecular complexity index is 615. The van der Waals surface area contributed by atoms with E-state index in [2.05, 4.69) is 10.2 Å². The van der Waals surface area contributed by atoms with Crippen molar-refractivity contribution in [1.29, 1.82) is 0 Å². The molecule has 27 heavy (non-hydrogen) atoms. The predicted molar refractivity (Wildman–Crippen MR) is 113 cm³/mol. The molecule has 152 valence electrons. The van der Waals surface area contributed by atoms with Crippen LogP contribution >= 0.6 is 24.8 Å². The molecule has 8 heteroatoms. The maximum Gasteiger partial charge on any atom is 0.256 e. The Morgan fingerprint density at radius 1 is 1.00 bits per heavy atom. The molecule has 1 aliphatic heterocycles. The van der Waals surface area contributed by atoms with E-state index in [-0.39, 0.29) is 36.6 Å². The summed E-state index contributed by atoms with van der Waals surface area (Å²) in [6.45, 7) is 3.12. The van der Waals surface area contributed by atoms with Crippen molar-refractivity contribution in [3.05, 3.63) is 29.8 Å². The van der Waals surface area contributed by atoms with Crippen LogP contribution in [0.15, 0.2) is 24.3 Å². The second kappa shape index (κ2) is 11.4. The Morgan fingerprint density at radius 2 is 1.63 bits per heavy atom. The molecule has 2 amide bonds. The molecule has 1 aliphatic carbocycles. The van der Waals surface area contributed by atoms with Gasteiger partial charge in [0, 0.05) is 37.9 Å². The summed E-state index contributed by atoms with van der Waals surface area (Å²) in [6, 6.07) is 7.52. The molecule has 0 spiro atoms. The Morgan fingerprint density at radius 3 is 2.26 bits per heavy atom. The second-order valence-corrected chi connectivity index (χ2v) is 7.06. The van der Waals surface area contributed by atoms with Crippen molar-refractivity contribution >= 4 is 42.3 Å². The minimum atomic E-state index is -0.0237. The third-order valence-electron chi connectivity index (χ3n) is 5.19. The molecule has 3 rings (SSSR count). The van der Waals surface area contributed by atoms with Gasteiger partial charge in [0.15, 0.2) is 0 Å². The quantitative estimate of drug-likeness (QED) is 0.738. The maximum absolute atomic E-state index is 12.6. The number of piperazine rings is 1. The molecule has 0 unspecified atom stereocenters. The van der Waals surface area contributed by atoms with Crippen LogP contribution in [0.1, 0.15) is 42.5 Å². The molecule has 1 heterocycles. The number of hydrogen-bond donors (Lipinski definition) is 2. The summed E-state index contributed by atoms with van der Waals surface area (Å²) in [4.78, 5) is 28.7. The molecular formula is C19H30Cl2N4O2. The monoisotopic (exact) mass is 416 g/mol. The number of carbonyl (C=O) groups is 2. The Labute approximate surface area is 173 Å². The van der Waals surface area contributed by atoms with E-state index in [1.54, 1.807) is 12.1 Å². The normalized spacial score (nSPS) is 18.1. The highest BCUT2D eigenvalue weighted by Crippen LogP contribution is 2.17. The number of halogens is 2. The first-order valence-electron chi connectivity index (χ1n) is 9.29. The zero-order chi connectivity index (χ0) is 17.6. The summed E-state index contributed by atoms with van der Waals surface area (Å²) in [6.07, 6.45) is 5.93. The summed E-state index contributed by atoms with van der Waals surface area (Å²) in [5.74, 6) is 0.0865. The van der Waals surface area contributed by atoms with Gasteiger partial charge in [-0.15, -0.1) is 24.8 Å². The average molecular weight is 417 g/mol. The van der Waals surface area contributed by atoms with Gasteiger partial charge in [-0.2, -0.15) is 0 Å². The lowest BCUT2D eigenvalue weighted by Crippen LogP contribution is -2.52. The van der Waals surface area contributed by atoms with Gasteiger partial charge in [-0.1, -0.05) is 31.4 Å². The molecule has 2 fully saturated rings. The SMILES string of the molecule is Cl.Cl.Nc1ccccc1C(=O)N1CCN(CC(=O)NC2CCCCC2)CC1.